The van der Waals surface area contributed by atoms with Gasteiger partial charge in [0.2, 0.25) is 0 Å². The average molecular weight is 338 g/mol. The molecule has 1 fully saturated rings. The van der Waals surface area contributed by atoms with Gasteiger partial charge in [-0.05, 0) is 37.0 Å². The number of benzene rings is 1. The number of hydrogen-bond acceptors (Lipinski definition) is 3. The third kappa shape index (κ3) is 3.38. The summed E-state index contributed by atoms with van der Waals surface area (Å²) < 4.78 is 14.8. The summed E-state index contributed by atoms with van der Waals surface area (Å²) in [5, 5.41) is 16.7. The van der Waals surface area contributed by atoms with E-state index in [1.54, 1.807) is 17.9 Å². The molecule has 1 aromatic carbocycles. The van der Waals surface area contributed by atoms with Gasteiger partial charge >= 0.3 is 0 Å². The molecular formula is C16H17ClFN3O2. The van der Waals surface area contributed by atoms with E-state index in [0.29, 0.717) is 12.8 Å². The fraction of sp³-hybridized carbons (Fsp3) is 0.375. The van der Waals surface area contributed by atoms with Gasteiger partial charge in [-0.3, -0.25) is 9.48 Å². The predicted molar refractivity (Wildman–Crippen MR) is 83.6 cm³/mol. The standard InChI is InChI=1S/C16H17ClFN3O2/c1-21-8-10(7-19-21)15(9-4-12(22)5-9)20-16(23)13-3-2-11(18)6-14(13)17/h2-3,6-9,12,15,22H,4-5H2,1H3,(H,20,23)/t9?,12?,15-/m1/s1. The Morgan fingerprint density at radius 1 is 1.52 bits per heavy atom. The van der Waals surface area contributed by atoms with Crippen molar-refractivity contribution >= 4 is 17.5 Å². The van der Waals surface area contributed by atoms with Crippen LogP contribution in [0.3, 0.4) is 0 Å². The van der Waals surface area contributed by atoms with Crippen LogP contribution in [-0.2, 0) is 7.05 Å². The number of carbonyl (C=O) groups excluding carboxylic acids is 1. The normalized spacial score (nSPS) is 21.6. The van der Waals surface area contributed by atoms with Crippen molar-refractivity contribution in [2.24, 2.45) is 13.0 Å². The Balaban J connectivity index is 1.81. The molecule has 2 aromatic rings. The summed E-state index contributed by atoms with van der Waals surface area (Å²) in [6, 6.07) is 3.42. The molecule has 1 atom stereocenters. The third-order valence-electron chi connectivity index (χ3n) is 4.17. The van der Waals surface area contributed by atoms with Gasteiger partial charge < -0.3 is 10.4 Å². The summed E-state index contributed by atoms with van der Waals surface area (Å²) in [6.07, 6.45) is 4.45. The molecule has 3 rings (SSSR count). The van der Waals surface area contributed by atoms with E-state index in [1.807, 2.05) is 6.20 Å². The van der Waals surface area contributed by atoms with Crippen LogP contribution in [0.15, 0.2) is 30.6 Å². The van der Waals surface area contributed by atoms with Crippen molar-refractivity contribution < 1.29 is 14.3 Å². The topological polar surface area (TPSA) is 67.2 Å². The van der Waals surface area contributed by atoms with E-state index in [-0.39, 0.29) is 34.6 Å². The van der Waals surface area contributed by atoms with Crippen LogP contribution >= 0.6 is 11.6 Å². The Hall–Kier alpha value is -1.92. The molecule has 0 spiro atoms. The molecule has 2 N–H and O–H groups in total. The average Bonchev–Trinajstić information content (AvgIpc) is 2.88. The fourth-order valence-electron chi connectivity index (χ4n) is 2.87. The summed E-state index contributed by atoms with van der Waals surface area (Å²) in [6.45, 7) is 0. The van der Waals surface area contributed by atoms with Gasteiger partial charge in [-0.1, -0.05) is 11.6 Å². The van der Waals surface area contributed by atoms with E-state index in [1.165, 1.54) is 12.1 Å². The molecule has 23 heavy (non-hydrogen) atoms. The zero-order chi connectivity index (χ0) is 16.6. The van der Waals surface area contributed by atoms with Gasteiger partial charge in [0.15, 0.2) is 0 Å². The maximum absolute atomic E-state index is 13.1. The summed E-state index contributed by atoms with van der Waals surface area (Å²) >= 11 is 5.95. The molecule has 1 aliphatic carbocycles. The number of hydrogen-bond donors (Lipinski definition) is 2. The first kappa shape index (κ1) is 16.0. The van der Waals surface area contributed by atoms with Crippen LogP contribution in [-0.4, -0.2) is 26.9 Å². The van der Waals surface area contributed by atoms with E-state index in [4.69, 9.17) is 11.6 Å². The van der Waals surface area contributed by atoms with Gasteiger partial charge in [-0.2, -0.15) is 5.10 Å². The lowest BCUT2D eigenvalue weighted by Crippen LogP contribution is -2.41. The van der Waals surface area contributed by atoms with Crippen molar-refractivity contribution in [2.45, 2.75) is 25.0 Å². The highest BCUT2D eigenvalue weighted by Crippen LogP contribution is 2.38. The molecule has 5 nitrogen and oxygen atoms in total. The van der Waals surface area contributed by atoms with Crippen LogP contribution in [0.5, 0.6) is 0 Å². The van der Waals surface area contributed by atoms with E-state index in [9.17, 15) is 14.3 Å². The lowest BCUT2D eigenvalue weighted by molar-refractivity contribution is 0.0235. The number of aryl methyl sites for hydroxylation is 1. The number of halogens is 2. The lowest BCUT2D eigenvalue weighted by atomic mass is 9.75. The van der Waals surface area contributed by atoms with Gasteiger partial charge in [-0.25, -0.2) is 4.39 Å². The molecule has 7 heteroatoms. The van der Waals surface area contributed by atoms with Gasteiger partial charge in [0.1, 0.15) is 5.82 Å². The van der Waals surface area contributed by atoms with Gasteiger partial charge in [0, 0.05) is 18.8 Å². The van der Waals surface area contributed by atoms with E-state index in [0.717, 1.165) is 11.6 Å². The quantitative estimate of drug-likeness (QED) is 0.900. The van der Waals surface area contributed by atoms with Crippen LogP contribution < -0.4 is 5.32 Å². The second-order valence-corrected chi connectivity index (χ2v) is 6.32. The van der Waals surface area contributed by atoms with Crippen LogP contribution in [0.25, 0.3) is 0 Å². The Morgan fingerprint density at radius 2 is 2.26 bits per heavy atom. The minimum atomic E-state index is -0.488. The highest BCUT2D eigenvalue weighted by atomic mass is 35.5. The third-order valence-corrected chi connectivity index (χ3v) is 4.48. The smallest absolute Gasteiger partial charge is 0.253 e. The maximum Gasteiger partial charge on any atom is 0.253 e. The molecule has 0 unspecified atom stereocenters. The fourth-order valence-corrected chi connectivity index (χ4v) is 3.12. The van der Waals surface area contributed by atoms with Crippen molar-refractivity contribution in [3.8, 4) is 0 Å². The van der Waals surface area contributed by atoms with E-state index in [2.05, 4.69) is 10.4 Å². The molecule has 1 aliphatic rings. The first-order valence-electron chi connectivity index (χ1n) is 7.36. The summed E-state index contributed by atoms with van der Waals surface area (Å²) in [4.78, 5) is 12.5. The Bertz CT molecular complexity index is 728. The van der Waals surface area contributed by atoms with E-state index >= 15 is 0 Å². The zero-order valence-electron chi connectivity index (χ0n) is 12.5. The number of aromatic nitrogens is 2. The Kier molecular flexibility index (Phi) is 4.37. The van der Waals surface area contributed by atoms with Crippen molar-refractivity contribution in [1.29, 1.82) is 0 Å². The molecule has 1 aromatic heterocycles. The second kappa shape index (κ2) is 6.29. The summed E-state index contributed by atoms with van der Waals surface area (Å²) in [7, 11) is 1.80. The SMILES string of the molecule is Cn1cc([C@H](NC(=O)c2ccc(F)cc2Cl)C2CC(O)C2)cn1. The number of aliphatic hydroxyl groups is 1. The number of carbonyl (C=O) groups is 1. The van der Waals surface area contributed by atoms with Crippen LogP contribution in [0.2, 0.25) is 5.02 Å². The lowest BCUT2D eigenvalue weighted by Gasteiger charge is -2.37. The monoisotopic (exact) mass is 337 g/mol. The van der Waals surface area contributed by atoms with Gasteiger partial charge in [-0.15, -0.1) is 0 Å². The van der Waals surface area contributed by atoms with Crippen molar-refractivity contribution in [2.75, 3.05) is 0 Å². The van der Waals surface area contributed by atoms with Crippen molar-refractivity contribution in [3.63, 3.8) is 0 Å². The van der Waals surface area contributed by atoms with Gasteiger partial charge in [0.25, 0.3) is 5.91 Å². The Labute approximate surface area is 138 Å². The van der Waals surface area contributed by atoms with Crippen LogP contribution in [0, 0.1) is 11.7 Å². The minimum Gasteiger partial charge on any atom is -0.393 e. The molecule has 1 heterocycles. The molecule has 1 saturated carbocycles. The number of amides is 1. The van der Waals surface area contributed by atoms with E-state index < -0.39 is 5.82 Å². The predicted octanol–water partition coefficient (Wildman–Crippen LogP) is 2.45. The molecule has 0 aliphatic heterocycles. The Morgan fingerprint density at radius 3 is 2.83 bits per heavy atom. The first-order chi connectivity index (χ1) is 10.9. The molecule has 0 bridgehead atoms. The molecule has 0 radical (unpaired) electrons. The number of rotatable bonds is 4. The zero-order valence-corrected chi connectivity index (χ0v) is 13.3. The molecule has 1 amide bonds. The number of aliphatic hydroxyl groups excluding tert-OH is 1. The molecule has 122 valence electrons. The van der Waals surface area contributed by atoms with Crippen molar-refractivity contribution in [3.05, 3.63) is 52.6 Å². The van der Waals surface area contributed by atoms with Crippen molar-refractivity contribution in [1.82, 2.24) is 15.1 Å². The highest BCUT2D eigenvalue weighted by molar-refractivity contribution is 6.33. The van der Waals surface area contributed by atoms with Gasteiger partial charge in [0.05, 0.1) is 28.9 Å². The highest BCUT2D eigenvalue weighted by Gasteiger charge is 2.36. The maximum atomic E-state index is 13.1. The first-order valence-corrected chi connectivity index (χ1v) is 7.74. The number of nitrogens with zero attached hydrogens (tertiary/aromatic N) is 2. The minimum absolute atomic E-state index is 0.0704. The largest absolute Gasteiger partial charge is 0.393 e. The number of nitrogens with one attached hydrogen (secondary N) is 1. The van der Waals surface area contributed by atoms with Crippen LogP contribution in [0.4, 0.5) is 4.39 Å². The summed E-state index contributed by atoms with van der Waals surface area (Å²) in [5.74, 6) is -0.722. The second-order valence-electron chi connectivity index (χ2n) is 5.91. The molecule has 0 saturated heterocycles. The summed E-state index contributed by atoms with van der Waals surface area (Å²) in [5.41, 5.74) is 1.10. The van der Waals surface area contributed by atoms with Crippen LogP contribution in [0.1, 0.15) is 34.8 Å². The molecular weight excluding hydrogens is 321 g/mol.